The lowest BCUT2D eigenvalue weighted by atomic mass is 10.00. The maximum absolute atomic E-state index is 8.51. The highest BCUT2D eigenvalue weighted by Gasteiger charge is 2.19. The molecule has 0 aliphatic carbocycles. The van der Waals surface area contributed by atoms with Gasteiger partial charge in [0.15, 0.2) is 0 Å². The third-order valence-electron chi connectivity index (χ3n) is 2.54. The van der Waals surface area contributed by atoms with E-state index in [0.29, 0.717) is 19.3 Å². The number of nitrogens with one attached hydrogen (secondary N) is 1. The Morgan fingerprint density at radius 2 is 2.00 bits per heavy atom. The Balaban J connectivity index is 3.40. The molecule has 0 saturated heterocycles. The van der Waals surface area contributed by atoms with E-state index >= 15 is 0 Å². The van der Waals surface area contributed by atoms with Crippen molar-refractivity contribution in [1.29, 1.82) is 0 Å². The summed E-state index contributed by atoms with van der Waals surface area (Å²) < 4.78 is 10.5. The first kappa shape index (κ1) is 15.8. The summed E-state index contributed by atoms with van der Waals surface area (Å²) in [7, 11) is 1.75. The van der Waals surface area contributed by atoms with Gasteiger partial charge < -0.3 is 19.9 Å². The number of ether oxygens (including phenoxy) is 2. The lowest BCUT2D eigenvalue weighted by Crippen LogP contribution is -2.36. The summed E-state index contributed by atoms with van der Waals surface area (Å²) in [6, 6.07) is 0.438. The average Bonchev–Trinajstić information content (AvgIpc) is 2.22. The second kappa shape index (κ2) is 8.93. The molecule has 2 N–H and O–H groups in total. The molecule has 0 radical (unpaired) electrons. The van der Waals surface area contributed by atoms with Crippen LogP contribution in [0.1, 0.15) is 33.6 Å². The molecular formula is C12H27NO3. The van der Waals surface area contributed by atoms with Crippen molar-refractivity contribution in [2.24, 2.45) is 0 Å². The van der Waals surface area contributed by atoms with Crippen LogP contribution in [0.3, 0.4) is 0 Å². The van der Waals surface area contributed by atoms with E-state index in [1.165, 1.54) is 0 Å². The smallest absolute Gasteiger partial charge is 0.0697 e. The monoisotopic (exact) mass is 233 g/mol. The fourth-order valence-corrected chi connectivity index (χ4v) is 1.58. The number of hydrogen-bond acceptors (Lipinski definition) is 4. The fraction of sp³-hybridized carbons (Fsp3) is 1.00. The SMILES string of the molecule is COC(C)(C)CC(C)NCCCOCCO. The quantitative estimate of drug-likeness (QED) is 0.556. The first-order valence-corrected chi connectivity index (χ1v) is 5.99. The van der Waals surface area contributed by atoms with Gasteiger partial charge in [-0.25, -0.2) is 0 Å². The number of hydrogen-bond donors (Lipinski definition) is 2. The molecule has 98 valence electrons. The second-order valence-electron chi connectivity index (χ2n) is 4.71. The molecule has 16 heavy (non-hydrogen) atoms. The topological polar surface area (TPSA) is 50.7 Å². The predicted molar refractivity (Wildman–Crippen MR) is 65.7 cm³/mol. The Bertz CT molecular complexity index is 162. The highest BCUT2D eigenvalue weighted by atomic mass is 16.5. The molecule has 0 rings (SSSR count). The molecule has 0 saturated carbocycles. The molecule has 0 aromatic carbocycles. The molecule has 0 amide bonds. The van der Waals surface area contributed by atoms with Gasteiger partial charge >= 0.3 is 0 Å². The molecule has 1 unspecified atom stereocenters. The van der Waals surface area contributed by atoms with Crippen LogP contribution in [0.25, 0.3) is 0 Å². The van der Waals surface area contributed by atoms with Crippen molar-refractivity contribution in [3.63, 3.8) is 0 Å². The minimum Gasteiger partial charge on any atom is -0.394 e. The van der Waals surface area contributed by atoms with Gasteiger partial charge in [-0.2, -0.15) is 0 Å². The van der Waals surface area contributed by atoms with Crippen LogP contribution in [0.4, 0.5) is 0 Å². The normalized spacial score (nSPS) is 14.1. The predicted octanol–water partition coefficient (Wildman–Crippen LogP) is 1.18. The van der Waals surface area contributed by atoms with Gasteiger partial charge in [0.05, 0.1) is 18.8 Å². The molecule has 0 bridgehead atoms. The average molecular weight is 233 g/mol. The van der Waals surface area contributed by atoms with Crippen LogP contribution in [0.2, 0.25) is 0 Å². The zero-order valence-corrected chi connectivity index (χ0v) is 11.1. The van der Waals surface area contributed by atoms with Crippen LogP contribution in [0.15, 0.2) is 0 Å². The number of rotatable bonds is 10. The first-order chi connectivity index (χ1) is 7.52. The highest BCUT2D eigenvalue weighted by molar-refractivity contribution is 4.75. The Labute approximate surface area is 99.3 Å². The minimum atomic E-state index is -0.0696. The molecule has 4 heteroatoms. The van der Waals surface area contributed by atoms with E-state index in [4.69, 9.17) is 14.6 Å². The van der Waals surface area contributed by atoms with Gasteiger partial charge in [-0.3, -0.25) is 0 Å². The third kappa shape index (κ3) is 9.09. The van der Waals surface area contributed by atoms with Gasteiger partial charge in [0, 0.05) is 19.8 Å². The number of methoxy groups -OCH3 is 1. The molecule has 0 aliphatic rings. The summed E-state index contributed by atoms with van der Waals surface area (Å²) in [6.45, 7) is 8.53. The van der Waals surface area contributed by atoms with E-state index in [-0.39, 0.29) is 12.2 Å². The van der Waals surface area contributed by atoms with Gasteiger partial charge in [0.25, 0.3) is 0 Å². The Kier molecular flexibility index (Phi) is 8.84. The summed E-state index contributed by atoms with van der Waals surface area (Å²) >= 11 is 0. The molecule has 0 spiro atoms. The fourth-order valence-electron chi connectivity index (χ4n) is 1.58. The van der Waals surface area contributed by atoms with Crippen LogP contribution in [-0.2, 0) is 9.47 Å². The van der Waals surface area contributed by atoms with E-state index in [9.17, 15) is 0 Å². The van der Waals surface area contributed by atoms with Crippen LogP contribution in [0.5, 0.6) is 0 Å². The van der Waals surface area contributed by atoms with Gasteiger partial charge in [-0.05, 0) is 40.2 Å². The van der Waals surface area contributed by atoms with E-state index in [1.807, 2.05) is 0 Å². The molecule has 0 heterocycles. The first-order valence-electron chi connectivity index (χ1n) is 5.99. The largest absolute Gasteiger partial charge is 0.394 e. The van der Waals surface area contributed by atoms with Crippen molar-refractivity contribution in [3.05, 3.63) is 0 Å². The summed E-state index contributed by atoms with van der Waals surface area (Å²) in [5.41, 5.74) is -0.0696. The summed E-state index contributed by atoms with van der Waals surface area (Å²) in [6.07, 6.45) is 1.96. The Morgan fingerprint density at radius 1 is 1.31 bits per heavy atom. The molecule has 0 aromatic rings. The van der Waals surface area contributed by atoms with Crippen molar-refractivity contribution < 1.29 is 14.6 Å². The standard InChI is InChI=1S/C12H27NO3/c1-11(10-12(2,3)15-4)13-6-5-8-16-9-7-14/h11,13-14H,5-10H2,1-4H3. The van der Waals surface area contributed by atoms with Crippen LogP contribution >= 0.6 is 0 Å². The maximum atomic E-state index is 8.51. The molecule has 0 aromatic heterocycles. The van der Waals surface area contributed by atoms with Gasteiger partial charge in [0.1, 0.15) is 0 Å². The molecule has 0 aliphatic heterocycles. The van der Waals surface area contributed by atoms with E-state index in [1.54, 1.807) is 7.11 Å². The van der Waals surface area contributed by atoms with Crippen molar-refractivity contribution in [2.75, 3.05) is 33.5 Å². The van der Waals surface area contributed by atoms with Gasteiger partial charge in [0.2, 0.25) is 0 Å². The van der Waals surface area contributed by atoms with Crippen molar-refractivity contribution in [1.82, 2.24) is 5.32 Å². The third-order valence-corrected chi connectivity index (χ3v) is 2.54. The second-order valence-corrected chi connectivity index (χ2v) is 4.71. The zero-order chi connectivity index (χ0) is 12.4. The lowest BCUT2D eigenvalue weighted by Gasteiger charge is -2.27. The minimum absolute atomic E-state index is 0.0696. The lowest BCUT2D eigenvalue weighted by molar-refractivity contribution is 0.00837. The van der Waals surface area contributed by atoms with Crippen molar-refractivity contribution in [3.8, 4) is 0 Å². The van der Waals surface area contributed by atoms with Crippen LogP contribution < -0.4 is 5.32 Å². The zero-order valence-electron chi connectivity index (χ0n) is 11.1. The number of aliphatic hydroxyl groups excluding tert-OH is 1. The molecule has 4 nitrogen and oxygen atoms in total. The van der Waals surface area contributed by atoms with E-state index in [2.05, 4.69) is 26.1 Å². The maximum Gasteiger partial charge on any atom is 0.0697 e. The highest BCUT2D eigenvalue weighted by Crippen LogP contribution is 2.15. The molecular weight excluding hydrogens is 206 g/mol. The molecule has 0 fully saturated rings. The van der Waals surface area contributed by atoms with Crippen LogP contribution in [-0.4, -0.2) is 50.2 Å². The molecule has 1 atom stereocenters. The summed E-state index contributed by atoms with van der Waals surface area (Å²) in [5.74, 6) is 0. The Hall–Kier alpha value is -0.160. The van der Waals surface area contributed by atoms with E-state index < -0.39 is 0 Å². The number of aliphatic hydroxyl groups is 1. The van der Waals surface area contributed by atoms with E-state index in [0.717, 1.165) is 19.4 Å². The van der Waals surface area contributed by atoms with Gasteiger partial charge in [-0.1, -0.05) is 0 Å². The van der Waals surface area contributed by atoms with Crippen LogP contribution in [0, 0.1) is 0 Å². The van der Waals surface area contributed by atoms with Crippen molar-refractivity contribution >= 4 is 0 Å². The van der Waals surface area contributed by atoms with Crippen molar-refractivity contribution in [2.45, 2.75) is 45.3 Å². The Morgan fingerprint density at radius 3 is 2.56 bits per heavy atom. The summed E-state index contributed by atoms with van der Waals surface area (Å²) in [5, 5.41) is 11.9. The summed E-state index contributed by atoms with van der Waals surface area (Å²) in [4.78, 5) is 0. The van der Waals surface area contributed by atoms with Gasteiger partial charge in [-0.15, -0.1) is 0 Å².